The minimum absolute atomic E-state index is 0.468. The van der Waals surface area contributed by atoms with E-state index in [1.54, 1.807) is 6.92 Å². The zero-order valence-electron chi connectivity index (χ0n) is 9.40. The molecule has 2 aromatic carbocycles. The monoisotopic (exact) mass is 214 g/mol. The van der Waals surface area contributed by atoms with E-state index in [0.717, 1.165) is 21.9 Å². The Hall–Kier alpha value is -1.83. The lowest BCUT2D eigenvalue weighted by Gasteiger charge is -2.12. The molecular weight excluding hydrogens is 200 g/mol. The fourth-order valence-electron chi connectivity index (χ4n) is 2.06. The van der Waals surface area contributed by atoms with Crippen LogP contribution in [0.25, 0.3) is 10.8 Å². The van der Waals surface area contributed by atoms with Gasteiger partial charge < -0.3 is 5.11 Å². The smallest absolute Gasteiger partial charge is 0.310 e. The highest BCUT2D eigenvalue weighted by Crippen LogP contribution is 2.28. The molecule has 1 atom stereocenters. The highest BCUT2D eigenvalue weighted by atomic mass is 16.4. The molecule has 0 aliphatic heterocycles. The molecule has 16 heavy (non-hydrogen) atoms. The summed E-state index contributed by atoms with van der Waals surface area (Å²) in [5.74, 6) is -1.25. The van der Waals surface area contributed by atoms with E-state index in [2.05, 4.69) is 0 Å². The highest BCUT2D eigenvalue weighted by molar-refractivity contribution is 5.92. The molecule has 0 fully saturated rings. The molecule has 1 unspecified atom stereocenters. The van der Waals surface area contributed by atoms with Crippen molar-refractivity contribution >= 4 is 16.7 Å². The average Bonchev–Trinajstić information content (AvgIpc) is 2.27. The molecule has 2 heteroatoms. The molecule has 0 radical (unpaired) electrons. The zero-order valence-corrected chi connectivity index (χ0v) is 9.40. The summed E-state index contributed by atoms with van der Waals surface area (Å²) in [5.41, 5.74) is 2.02. The van der Waals surface area contributed by atoms with Crippen LogP contribution in [0.4, 0.5) is 0 Å². The molecule has 0 saturated heterocycles. The number of rotatable bonds is 2. The first-order chi connectivity index (χ1) is 7.61. The quantitative estimate of drug-likeness (QED) is 0.832. The molecule has 0 saturated carbocycles. The average molecular weight is 214 g/mol. The molecule has 2 rings (SSSR count). The molecule has 0 aliphatic rings. The number of aryl methyl sites for hydroxylation is 1. The summed E-state index contributed by atoms with van der Waals surface area (Å²) in [6.45, 7) is 3.74. The zero-order chi connectivity index (χ0) is 11.7. The van der Waals surface area contributed by atoms with Crippen LogP contribution in [0, 0.1) is 6.92 Å². The third-order valence-corrected chi connectivity index (χ3v) is 2.98. The Kier molecular flexibility index (Phi) is 2.65. The summed E-state index contributed by atoms with van der Waals surface area (Å²) >= 11 is 0. The molecule has 2 aromatic rings. The van der Waals surface area contributed by atoms with Crippen LogP contribution >= 0.6 is 0 Å². The second-order valence-corrected chi connectivity index (χ2v) is 4.08. The second kappa shape index (κ2) is 3.97. The summed E-state index contributed by atoms with van der Waals surface area (Å²) in [7, 11) is 0. The molecule has 0 bridgehead atoms. The van der Waals surface area contributed by atoms with Crippen LogP contribution in [0.1, 0.15) is 24.0 Å². The maximum Gasteiger partial charge on any atom is 0.310 e. The topological polar surface area (TPSA) is 37.3 Å². The van der Waals surface area contributed by atoms with Gasteiger partial charge in [0.1, 0.15) is 0 Å². The highest BCUT2D eigenvalue weighted by Gasteiger charge is 2.16. The van der Waals surface area contributed by atoms with Gasteiger partial charge in [0.15, 0.2) is 0 Å². The number of carboxylic acids is 1. The van der Waals surface area contributed by atoms with Gasteiger partial charge in [-0.25, -0.2) is 0 Å². The van der Waals surface area contributed by atoms with E-state index in [0.29, 0.717) is 0 Å². The van der Waals surface area contributed by atoms with Crippen LogP contribution in [0.15, 0.2) is 36.4 Å². The summed E-state index contributed by atoms with van der Waals surface area (Å²) < 4.78 is 0. The predicted molar refractivity (Wildman–Crippen MR) is 64.7 cm³/mol. The van der Waals surface area contributed by atoms with Gasteiger partial charge in [-0.3, -0.25) is 4.79 Å². The summed E-state index contributed by atoms with van der Waals surface area (Å²) in [4.78, 5) is 11.1. The molecule has 0 amide bonds. The van der Waals surface area contributed by atoms with Crippen molar-refractivity contribution in [3.05, 3.63) is 47.5 Å². The van der Waals surface area contributed by atoms with Crippen molar-refractivity contribution in [1.82, 2.24) is 0 Å². The Balaban J connectivity index is 2.75. The number of carbonyl (C=O) groups is 1. The van der Waals surface area contributed by atoms with Gasteiger partial charge in [0, 0.05) is 0 Å². The Morgan fingerprint density at radius 2 is 1.81 bits per heavy atom. The van der Waals surface area contributed by atoms with Crippen LogP contribution in [0.3, 0.4) is 0 Å². The molecule has 82 valence electrons. The van der Waals surface area contributed by atoms with Crippen molar-refractivity contribution in [1.29, 1.82) is 0 Å². The van der Waals surface area contributed by atoms with Gasteiger partial charge in [0.05, 0.1) is 5.92 Å². The molecule has 0 heterocycles. The van der Waals surface area contributed by atoms with Gasteiger partial charge >= 0.3 is 5.97 Å². The van der Waals surface area contributed by atoms with E-state index in [4.69, 9.17) is 5.11 Å². The van der Waals surface area contributed by atoms with E-state index in [1.165, 1.54) is 0 Å². The van der Waals surface area contributed by atoms with E-state index in [-0.39, 0.29) is 0 Å². The van der Waals surface area contributed by atoms with Crippen molar-refractivity contribution in [3.8, 4) is 0 Å². The van der Waals surface area contributed by atoms with E-state index in [9.17, 15) is 4.79 Å². The molecule has 0 spiro atoms. The van der Waals surface area contributed by atoms with E-state index in [1.807, 2.05) is 43.3 Å². The molecule has 0 aromatic heterocycles. The number of hydrogen-bond acceptors (Lipinski definition) is 1. The lowest BCUT2D eigenvalue weighted by molar-refractivity contribution is -0.138. The third-order valence-electron chi connectivity index (χ3n) is 2.98. The van der Waals surface area contributed by atoms with Gasteiger partial charge in [0.2, 0.25) is 0 Å². The lowest BCUT2D eigenvalue weighted by atomic mass is 9.92. The Morgan fingerprint density at radius 1 is 1.19 bits per heavy atom. The third kappa shape index (κ3) is 1.67. The van der Waals surface area contributed by atoms with Crippen molar-refractivity contribution in [3.63, 3.8) is 0 Å². The van der Waals surface area contributed by atoms with Crippen LogP contribution in [0.2, 0.25) is 0 Å². The Morgan fingerprint density at radius 3 is 2.44 bits per heavy atom. The van der Waals surface area contributed by atoms with Gasteiger partial charge in [-0.1, -0.05) is 36.4 Å². The van der Waals surface area contributed by atoms with Crippen LogP contribution in [-0.4, -0.2) is 11.1 Å². The normalized spacial score (nSPS) is 12.6. The molecule has 0 aliphatic carbocycles. The summed E-state index contributed by atoms with van der Waals surface area (Å²) in [6, 6.07) is 11.8. The minimum atomic E-state index is -0.782. The standard InChI is InChI=1S/C14H14O2/c1-9-5-3-6-11-7-4-8-12(13(9)11)10(2)14(15)16/h3-8,10H,1-2H3,(H,15,16). The van der Waals surface area contributed by atoms with E-state index < -0.39 is 11.9 Å². The first kappa shape index (κ1) is 10.7. The number of hydrogen-bond donors (Lipinski definition) is 1. The number of carboxylic acid groups (broad SMARTS) is 1. The molecular formula is C14H14O2. The van der Waals surface area contributed by atoms with Crippen LogP contribution < -0.4 is 0 Å². The van der Waals surface area contributed by atoms with Gasteiger partial charge in [-0.2, -0.15) is 0 Å². The van der Waals surface area contributed by atoms with Crippen molar-refractivity contribution in [2.75, 3.05) is 0 Å². The largest absolute Gasteiger partial charge is 0.481 e. The second-order valence-electron chi connectivity index (χ2n) is 4.08. The van der Waals surface area contributed by atoms with Crippen molar-refractivity contribution in [2.45, 2.75) is 19.8 Å². The first-order valence-electron chi connectivity index (χ1n) is 5.32. The summed E-state index contributed by atoms with van der Waals surface area (Å²) in [6.07, 6.45) is 0. The Labute approximate surface area is 94.5 Å². The minimum Gasteiger partial charge on any atom is -0.481 e. The SMILES string of the molecule is Cc1cccc2cccc(C(C)C(=O)O)c12. The first-order valence-corrected chi connectivity index (χ1v) is 5.32. The molecule has 1 N–H and O–H groups in total. The molecule has 2 nitrogen and oxygen atoms in total. The summed E-state index contributed by atoms with van der Waals surface area (Å²) in [5, 5.41) is 11.3. The maximum absolute atomic E-state index is 11.1. The number of fused-ring (bicyclic) bond motifs is 1. The lowest BCUT2D eigenvalue weighted by Crippen LogP contribution is -2.08. The fourth-order valence-corrected chi connectivity index (χ4v) is 2.06. The van der Waals surface area contributed by atoms with Crippen LogP contribution in [-0.2, 0) is 4.79 Å². The Bertz CT molecular complexity index is 538. The van der Waals surface area contributed by atoms with Gasteiger partial charge in [-0.15, -0.1) is 0 Å². The van der Waals surface area contributed by atoms with Gasteiger partial charge in [-0.05, 0) is 35.7 Å². The van der Waals surface area contributed by atoms with E-state index >= 15 is 0 Å². The predicted octanol–water partition coefficient (Wildman–Crippen LogP) is 3.34. The van der Waals surface area contributed by atoms with Crippen molar-refractivity contribution < 1.29 is 9.90 Å². The van der Waals surface area contributed by atoms with Crippen molar-refractivity contribution in [2.24, 2.45) is 0 Å². The number of benzene rings is 2. The van der Waals surface area contributed by atoms with Gasteiger partial charge in [0.25, 0.3) is 0 Å². The fraction of sp³-hybridized carbons (Fsp3) is 0.214. The van der Waals surface area contributed by atoms with Crippen LogP contribution in [0.5, 0.6) is 0 Å². The maximum atomic E-state index is 11.1. The number of aliphatic carboxylic acids is 1.